The third-order valence-corrected chi connectivity index (χ3v) is 0.995. The van der Waals surface area contributed by atoms with Crippen molar-refractivity contribution in [3.8, 4) is 0 Å². The summed E-state index contributed by atoms with van der Waals surface area (Å²) in [4.78, 5) is 9.69. The van der Waals surface area contributed by atoms with Gasteiger partial charge >= 0.3 is 0 Å². The lowest BCUT2D eigenvalue weighted by Crippen LogP contribution is -1.74. The van der Waals surface area contributed by atoms with E-state index in [1.54, 1.807) is 0 Å². The molecule has 1 heteroatoms. The molecule has 0 aliphatic rings. The third-order valence-electron chi connectivity index (χ3n) is 0.995. The summed E-state index contributed by atoms with van der Waals surface area (Å²) in [6.45, 7) is 9.10. The van der Waals surface area contributed by atoms with Crippen LogP contribution in [0.1, 0.15) is 40.0 Å². The molecule has 60 valence electrons. The molecule has 0 aliphatic carbocycles. The molecule has 0 unspecified atom stereocenters. The van der Waals surface area contributed by atoms with Gasteiger partial charge < -0.3 is 0 Å². The minimum Gasteiger partial charge on any atom is -0.295 e. The van der Waals surface area contributed by atoms with Gasteiger partial charge in [-0.15, -0.1) is 0 Å². The average Bonchev–Trinajstić information content (AvgIpc) is 1.91. The molecule has 0 aromatic rings. The standard InChI is InChI=1S/C5H12.C4H6O/c1-3-5-4-2;1-3-4(2)5/h3-5H2,1-2H3;3H,1H2,2H3. The minimum atomic E-state index is 0.0185. The Morgan fingerprint density at radius 3 is 1.70 bits per heavy atom. The second-order valence-corrected chi connectivity index (χ2v) is 2.17. The first-order valence-electron chi connectivity index (χ1n) is 3.82. The van der Waals surface area contributed by atoms with E-state index in [0.29, 0.717) is 0 Å². The molecule has 0 saturated carbocycles. The van der Waals surface area contributed by atoms with Crippen LogP contribution in [-0.4, -0.2) is 5.78 Å². The Bertz CT molecular complexity index is 82.7. The van der Waals surface area contributed by atoms with Gasteiger partial charge in [-0.25, -0.2) is 0 Å². The average molecular weight is 142 g/mol. The van der Waals surface area contributed by atoms with Crippen molar-refractivity contribution in [2.75, 3.05) is 0 Å². The van der Waals surface area contributed by atoms with Crippen LogP contribution in [0, 0.1) is 0 Å². The smallest absolute Gasteiger partial charge is 0.152 e. The van der Waals surface area contributed by atoms with Crippen LogP contribution in [0.3, 0.4) is 0 Å². The maximum absolute atomic E-state index is 9.69. The number of carbonyl (C=O) groups is 1. The summed E-state index contributed by atoms with van der Waals surface area (Å²) in [6, 6.07) is 0. The summed E-state index contributed by atoms with van der Waals surface area (Å²) in [5.41, 5.74) is 0. The van der Waals surface area contributed by atoms with E-state index < -0.39 is 0 Å². The zero-order chi connectivity index (χ0) is 8.41. The molecule has 0 fully saturated rings. The van der Waals surface area contributed by atoms with Crippen LogP contribution in [0.2, 0.25) is 0 Å². The first-order valence-corrected chi connectivity index (χ1v) is 3.82. The molecule has 0 rings (SSSR count). The van der Waals surface area contributed by atoms with E-state index in [9.17, 15) is 4.79 Å². The highest BCUT2D eigenvalue weighted by molar-refractivity contribution is 5.86. The lowest BCUT2D eigenvalue weighted by Gasteiger charge is -1.79. The van der Waals surface area contributed by atoms with E-state index in [0.717, 1.165) is 0 Å². The maximum Gasteiger partial charge on any atom is 0.152 e. The third kappa shape index (κ3) is 26.2. The van der Waals surface area contributed by atoms with Crippen LogP contribution in [0.5, 0.6) is 0 Å². The molecular weight excluding hydrogens is 124 g/mol. The molecule has 0 N–H and O–H groups in total. The molecule has 0 radical (unpaired) electrons. The van der Waals surface area contributed by atoms with Gasteiger partial charge in [0.25, 0.3) is 0 Å². The molecule has 0 heterocycles. The Kier molecular flexibility index (Phi) is 13.6. The second kappa shape index (κ2) is 11.2. The molecule has 0 amide bonds. The number of carbonyl (C=O) groups excluding carboxylic acids is 1. The predicted molar refractivity (Wildman–Crippen MR) is 46.1 cm³/mol. The highest BCUT2D eigenvalue weighted by Crippen LogP contribution is 1.88. The van der Waals surface area contributed by atoms with Crippen molar-refractivity contribution in [3.05, 3.63) is 12.7 Å². The lowest BCUT2D eigenvalue weighted by molar-refractivity contribution is -0.112. The van der Waals surface area contributed by atoms with Crippen LogP contribution >= 0.6 is 0 Å². The Balaban J connectivity index is 0. The van der Waals surface area contributed by atoms with Gasteiger partial charge in [-0.3, -0.25) is 4.79 Å². The van der Waals surface area contributed by atoms with Crippen LogP contribution < -0.4 is 0 Å². The van der Waals surface area contributed by atoms with Crippen molar-refractivity contribution in [2.45, 2.75) is 40.0 Å². The van der Waals surface area contributed by atoms with Gasteiger partial charge in [0.1, 0.15) is 0 Å². The van der Waals surface area contributed by atoms with Crippen LogP contribution in [0.4, 0.5) is 0 Å². The first-order chi connectivity index (χ1) is 4.68. The predicted octanol–water partition coefficient (Wildman–Crippen LogP) is 2.96. The fourth-order valence-electron chi connectivity index (χ4n) is 0.354. The van der Waals surface area contributed by atoms with E-state index in [1.807, 2.05) is 0 Å². The van der Waals surface area contributed by atoms with Gasteiger partial charge in [-0.05, 0) is 13.0 Å². The molecule has 0 aromatic heterocycles. The molecule has 0 aliphatic heterocycles. The summed E-state index contributed by atoms with van der Waals surface area (Å²) in [5, 5.41) is 0. The summed E-state index contributed by atoms with van der Waals surface area (Å²) in [5.74, 6) is 0.0185. The molecule has 0 spiro atoms. The largest absolute Gasteiger partial charge is 0.295 e. The number of rotatable bonds is 3. The van der Waals surface area contributed by atoms with Crippen LogP contribution in [0.25, 0.3) is 0 Å². The summed E-state index contributed by atoms with van der Waals surface area (Å²) in [7, 11) is 0. The first kappa shape index (κ1) is 12.1. The van der Waals surface area contributed by atoms with E-state index in [4.69, 9.17) is 0 Å². The van der Waals surface area contributed by atoms with Gasteiger partial charge in [0.15, 0.2) is 5.78 Å². The molecule has 1 nitrogen and oxygen atoms in total. The normalized spacial score (nSPS) is 7.50. The van der Waals surface area contributed by atoms with Crippen molar-refractivity contribution < 1.29 is 4.79 Å². The van der Waals surface area contributed by atoms with Gasteiger partial charge in [0.05, 0.1) is 0 Å². The quantitative estimate of drug-likeness (QED) is 0.554. The number of hydrogen-bond donors (Lipinski definition) is 0. The summed E-state index contributed by atoms with van der Waals surface area (Å²) >= 11 is 0. The van der Waals surface area contributed by atoms with Crippen LogP contribution in [0.15, 0.2) is 12.7 Å². The Morgan fingerprint density at radius 1 is 1.40 bits per heavy atom. The Morgan fingerprint density at radius 2 is 1.70 bits per heavy atom. The van der Waals surface area contributed by atoms with E-state index in [-0.39, 0.29) is 5.78 Å². The Hall–Kier alpha value is -0.590. The minimum absolute atomic E-state index is 0.0185. The zero-order valence-electron chi connectivity index (χ0n) is 7.31. The number of allylic oxidation sites excluding steroid dienone is 1. The lowest BCUT2D eigenvalue weighted by atomic mass is 10.3. The van der Waals surface area contributed by atoms with Gasteiger partial charge in [-0.2, -0.15) is 0 Å². The van der Waals surface area contributed by atoms with Crippen molar-refractivity contribution in [1.29, 1.82) is 0 Å². The van der Waals surface area contributed by atoms with Crippen molar-refractivity contribution in [2.24, 2.45) is 0 Å². The Labute approximate surface area is 64.1 Å². The monoisotopic (exact) mass is 142 g/mol. The fraction of sp³-hybridized carbons (Fsp3) is 0.667. The number of ketones is 1. The van der Waals surface area contributed by atoms with Crippen molar-refractivity contribution >= 4 is 5.78 Å². The highest BCUT2D eigenvalue weighted by Gasteiger charge is 1.69. The molecule has 0 saturated heterocycles. The highest BCUT2D eigenvalue weighted by atomic mass is 16.1. The molecular formula is C9H18O. The molecule has 10 heavy (non-hydrogen) atoms. The summed E-state index contributed by atoms with van der Waals surface area (Å²) < 4.78 is 0. The summed E-state index contributed by atoms with van der Waals surface area (Å²) in [6.07, 6.45) is 5.35. The second-order valence-electron chi connectivity index (χ2n) is 2.17. The molecule has 0 atom stereocenters. The maximum atomic E-state index is 9.69. The fourth-order valence-corrected chi connectivity index (χ4v) is 0.354. The van der Waals surface area contributed by atoms with Gasteiger partial charge in [-0.1, -0.05) is 39.7 Å². The van der Waals surface area contributed by atoms with Crippen molar-refractivity contribution in [1.82, 2.24) is 0 Å². The molecule has 0 bridgehead atoms. The SMILES string of the molecule is C=CC(C)=O.CCCCC. The van der Waals surface area contributed by atoms with Crippen LogP contribution in [-0.2, 0) is 4.79 Å². The number of unbranched alkanes of at least 4 members (excludes halogenated alkanes) is 2. The topological polar surface area (TPSA) is 17.1 Å². The van der Waals surface area contributed by atoms with Gasteiger partial charge in [0, 0.05) is 0 Å². The van der Waals surface area contributed by atoms with E-state index in [1.165, 1.54) is 32.3 Å². The zero-order valence-corrected chi connectivity index (χ0v) is 7.31. The van der Waals surface area contributed by atoms with Gasteiger partial charge in [0.2, 0.25) is 0 Å². The van der Waals surface area contributed by atoms with E-state index >= 15 is 0 Å². The number of hydrogen-bond acceptors (Lipinski definition) is 1. The van der Waals surface area contributed by atoms with Crippen molar-refractivity contribution in [3.63, 3.8) is 0 Å². The van der Waals surface area contributed by atoms with E-state index in [2.05, 4.69) is 20.4 Å². The molecule has 0 aromatic carbocycles.